The first-order chi connectivity index (χ1) is 12.0. The number of halogens is 1. The van der Waals surface area contributed by atoms with Gasteiger partial charge in [-0.25, -0.2) is 13.9 Å². The van der Waals surface area contributed by atoms with Crippen LogP contribution < -0.4 is 5.32 Å². The molecule has 2 N–H and O–H groups in total. The topological polar surface area (TPSA) is 70.4 Å². The van der Waals surface area contributed by atoms with Gasteiger partial charge in [0.15, 0.2) is 0 Å². The van der Waals surface area contributed by atoms with Crippen LogP contribution in [-0.4, -0.2) is 45.0 Å². The summed E-state index contributed by atoms with van der Waals surface area (Å²) in [7, 11) is 0. The Morgan fingerprint density at radius 3 is 2.96 bits per heavy atom. The molecule has 1 saturated heterocycles. The zero-order valence-corrected chi connectivity index (χ0v) is 14.4. The second-order valence-corrected chi connectivity index (χ2v) is 6.52. The maximum atomic E-state index is 14.4. The monoisotopic (exact) mass is 346 g/mol. The van der Waals surface area contributed by atoms with E-state index in [1.807, 2.05) is 13.8 Å². The number of carbonyl (C=O) groups is 1. The molecule has 1 aromatic carbocycles. The molecule has 2 heterocycles. The first-order valence-electron chi connectivity index (χ1n) is 8.48. The lowest BCUT2D eigenvalue weighted by Crippen LogP contribution is -2.44. The zero-order chi connectivity index (χ0) is 18.0. The van der Waals surface area contributed by atoms with Gasteiger partial charge in [0.05, 0.1) is 24.9 Å². The molecule has 1 aliphatic rings. The number of rotatable bonds is 4. The summed E-state index contributed by atoms with van der Waals surface area (Å²) in [6.07, 6.45) is 5.13. The van der Waals surface area contributed by atoms with Crippen LogP contribution in [0.3, 0.4) is 0 Å². The normalized spacial score (nSPS) is 18.4. The predicted octanol–water partition coefficient (Wildman–Crippen LogP) is 2.55. The van der Waals surface area contributed by atoms with Gasteiger partial charge >= 0.3 is 6.03 Å². The Hall–Kier alpha value is -2.41. The molecule has 7 heteroatoms. The second-order valence-electron chi connectivity index (χ2n) is 6.52. The standard InChI is InChI=1S/C18H23FN4O2/c1-12-9-20-23(10-12)17-6-5-14(8-16(17)19)13(2)21-18(25)22-7-3-4-15(22)11-24/h5-6,8-10,13,15,24H,3-4,7,11H2,1-2H3,(H,21,25)/t13?,15-/m0/s1. The summed E-state index contributed by atoms with van der Waals surface area (Å²) in [5, 5.41) is 16.3. The Morgan fingerprint density at radius 2 is 2.32 bits per heavy atom. The number of carbonyl (C=O) groups excluding carboxylic acids is 1. The molecule has 3 rings (SSSR count). The number of hydrogen-bond acceptors (Lipinski definition) is 3. The Bertz CT molecular complexity index is 761. The first kappa shape index (κ1) is 17.4. The minimum atomic E-state index is -0.392. The molecule has 0 radical (unpaired) electrons. The lowest BCUT2D eigenvalue weighted by Gasteiger charge is -2.25. The number of nitrogens with zero attached hydrogens (tertiary/aromatic N) is 3. The lowest BCUT2D eigenvalue weighted by atomic mass is 10.1. The van der Waals surface area contributed by atoms with Crippen LogP contribution in [0.15, 0.2) is 30.6 Å². The van der Waals surface area contributed by atoms with Crippen molar-refractivity contribution in [3.8, 4) is 5.69 Å². The quantitative estimate of drug-likeness (QED) is 0.894. The van der Waals surface area contributed by atoms with Gasteiger partial charge in [0.2, 0.25) is 0 Å². The van der Waals surface area contributed by atoms with Crippen molar-refractivity contribution < 1.29 is 14.3 Å². The Balaban J connectivity index is 1.71. The zero-order valence-electron chi connectivity index (χ0n) is 14.4. The highest BCUT2D eigenvalue weighted by molar-refractivity contribution is 5.75. The molecule has 1 aromatic heterocycles. The fourth-order valence-corrected chi connectivity index (χ4v) is 3.17. The highest BCUT2D eigenvalue weighted by Gasteiger charge is 2.28. The van der Waals surface area contributed by atoms with E-state index in [9.17, 15) is 14.3 Å². The molecule has 0 spiro atoms. The summed E-state index contributed by atoms with van der Waals surface area (Å²) in [5.74, 6) is -0.392. The Kier molecular flexibility index (Phi) is 5.03. The molecular formula is C18H23FN4O2. The molecule has 0 aliphatic carbocycles. The Labute approximate surface area is 146 Å². The maximum absolute atomic E-state index is 14.4. The Morgan fingerprint density at radius 1 is 1.52 bits per heavy atom. The molecule has 1 aliphatic heterocycles. The number of benzene rings is 1. The molecule has 134 valence electrons. The third kappa shape index (κ3) is 3.66. The number of aliphatic hydroxyl groups is 1. The van der Waals surface area contributed by atoms with Gasteiger partial charge in [0.1, 0.15) is 11.5 Å². The minimum Gasteiger partial charge on any atom is -0.394 e. The average molecular weight is 346 g/mol. The minimum absolute atomic E-state index is 0.0333. The number of aryl methyl sites for hydroxylation is 1. The lowest BCUT2D eigenvalue weighted by molar-refractivity contribution is 0.155. The summed E-state index contributed by atoms with van der Waals surface area (Å²) in [6, 6.07) is 4.17. The number of likely N-dealkylation sites (tertiary alicyclic amines) is 1. The van der Waals surface area contributed by atoms with Crippen molar-refractivity contribution >= 4 is 6.03 Å². The molecule has 0 saturated carbocycles. The SMILES string of the molecule is Cc1cnn(-c2ccc(C(C)NC(=O)N3CCC[C@H]3CO)cc2F)c1. The van der Waals surface area contributed by atoms with Gasteiger partial charge in [-0.2, -0.15) is 5.10 Å². The van der Waals surface area contributed by atoms with Gasteiger partial charge in [0, 0.05) is 12.7 Å². The molecule has 2 atom stereocenters. The van der Waals surface area contributed by atoms with Crippen LogP contribution in [0.1, 0.15) is 36.9 Å². The smallest absolute Gasteiger partial charge is 0.318 e. The van der Waals surface area contributed by atoms with Crippen LogP contribution >= 0.6 is 0 Å². The first-order valence-corrected chi connectivity index (χ1v) is 8.48. The van der Waals surface area contributed by atoms with Gasteiger partial charge in [0.25, 0.3) is 0 Å². The van der Waals surface area contributed by atoms with Gasteiger partial charge in [-0.3, -0.25) is 0 Å². The second kappa shape index (κ2) is 7.23. The largest absolute Gasteiger partial charge is 0.394 e. The fraction of sp³-hybridized carbons (Fsp3) is 0.444. The van der Waals surface area contributed by atoms with E-state index in [4.69, 9.17) is 0 Å². The van der Waals surface area contributed by atoms with Crippen LogP contribution in [0.5, 0.6) is 0 Å². The molecule has 25 heavy (non-hydrogen) atoms. The number of nitrogens with one attached hydrogen (secondary N) is 1. The number of hydrogen-bond donors (Lipinski definition) is 2. The summed E-state index contributed by atoms with van der Waals surface area (Å²) in [6.45, 7) is 4.31. The van der Waals surface area contributed by atoms with Crippen molar-refractivity contribution in [2.75, 3.05) is 13.2 Å². The number of amides is 2. The molecule has 1 unspecified atom stereocenters. The highest BCUT2D eigenvalue weighted by Crippen LogP contribution is 2.21. The summed E-state index contributed by atoms with van der Waals surface area (Å²) in [5.41, 5.74) is 2.00. The van der Waals surface area contributed by atoms with Gasteiger partial charge in [-0.15, -0.1) is 0 Å². The van der Waals surface area contributed by atoms with Crippen LogP contribution in [0.25, 0.3) is 5.69 Å². The third-order valence-electron chi connectivity index (χ3n) is 4.62. The van der Waals surface area contributed by atoms with E-state index in [-0.39, 0.29) is 24.7 Å². The molecule has 0 bridgehead atoms. The maximum Gasteiger partial charge on any atom is 0.318 e. The van der Waals surface area contributed by atoms with E-state index < -0.39 is 5.82 Å². The van der Waals surface area contributed by atoms with E-state index in [1.165, 1.54) is 10.7 Å². The van der Waals surface area contributed by atoms with E-state index in [0.29, 0.717) is 17.8 Å². The summed E-state index contributed by atoms with van der Waals surface area (Å²) >= 11 is 0. The number of urea groups is 1. The van der Waals surface area contributed by atoms with Crippen LogP contribution in [0, 0.1) is 12.7 Å². The van der Waals surface area contributed by atoms with Crippen molar-refractivity contribution in [3.05, 3.63) is 47.5 Å². The number of aliphatic hydroxyl groups excluding tert-OH is 1. The number of aromatic nitrogens is 2. The molecule has 2 amide bonds. The van der Waals surface area contributed by atoms with E-state index in [1.54, 1.807) is 29.4 Å². The molecule has 2 aromatic rings. The predicted molar refractivity (Wildman–Crippen MR) is 92.0 cm³/mol. The van der Waals surface area contributed by atoms with Gasteiger partial charge < -0.3 is 15.3 Å². The van der Waals surface area contributed by atoms with Gasteiger partial charge in [-0.1, -0.05) is 6.07 Å². The van der Waals surface area contributed by atoms with Crippen molar-refractivity contribution in [1.29, 1.82) is 0 Å². The van der Waals surface area contributed by atoms with E-state index in [0.717, 1.165) is 18.4 Å². The van der Waals surface area contributed by atoms with Crippen molar-refractivity contribution in [2.24, 2.45) is 0 Å². The van der Waals surface area contributed by atoms with Crippen LogP contribution in [-0.2, 0) is 0 Å². The summed E-state index contributed by atoms with van der Waals surface area (Å²) in [4.78, 5) is 14.0. The van der Waals surface area contributed by atoms with E-state index >= 15 is 0 Å². The van der Waals surface area contributed by atoms with Crippen LogP contribution in [0.4, 0.5) is 9.18 Å². The van der Waals surface area contributed by atoms with Crippen molar-refractivity contribution in [1.82, 2.24) is 20.0 Å². The summed E-state index contributed by atoms with van der Waals surface area (Å²) < 4.78 is 15.9. The van der Waals surface area contributed by atoms with Gasteiger partial charge in [-0.05, 0) is 49.9 Å². The third-order valence-corrected chi connectivity index (χ3v) is 4.62. The van der Waals surface area contributed by atoms with Crippen molar-refractivity contribution in [2.45, 2.75) is 38.8 Å². The van der Waals surface area contributed by atoms with E-state index in [2.05, 4.69) is 10.4 Å². The fourth-order valence-electron chi connectivity index (χ4n) is 3.17. The molecule has 1 fully saturated rings. The average Bonchev–Trinajstić information content (AvgIpc) is 3.23. The molecular weight excluding hydrogens is 323 g/mol. The van der Waals surface area contributed by atoms with Crippen molar-refractivity contribution in [3.63, 3.8) is 0 Å². The van der Waals surface area contributed by atoms with Crippen LogP contribution in [0.2, 0.25) is 0 Å². The molecule has 6 nitrogen and oxygen atoms in total. The highest BCUT2D eigenvalue weighted by atomic mass is 19.1.